The molecule has 0 aliphatic heterocycles. The second-order valence-electron chi connectivity index (χ2n) is 5.59. The van der Waals surface area contributed by atoms with Crippen LogP contribution in [0.3, 0.4) is 0 Å². The molecule has 1 aliphatic carbocycles. The van der Waals surface area contributed by atoms with Crippen molar-refractivity contribution in [1.82, 2.24) is 5.32 Å². The van der Waals surface area contributed by atoms with Crippen molar-refractivity contribution in [2.75, 3.05) is 11.9 Å². The summed E-state index contributed by atoms with van der Waals surface area (Å²) in [6, 6.07) is 4.03. The molecule has 3 N–H and O–H groups in total. The number of carbonyl (C=O) groups excluding carboxylic acids is 2. The van der Waals surface area contributed by atoms with E-state index in [-0.39, 0.29) is 12.2 Å². The number of halogens is 1. The summed E-state index contributed by atoms with van der Waals surface area (Å²) in [6.07, 6.45) is 3.08. The van der Waals surface area contributed by atoms with Crippen LogP contribution in [0.15, 0.2) is 18.2 Å². The Bertz CT molecular complexity index is 534. The Morgan fingerprint density at radius 3 is 2.52 bits per heavy atom. The van der Waals surface area contributed by atoms with E-state index in [2.05, 4.69) is 10.6 Å². The largest absolute Gasteiger partial charge is 0.388 e. The molecule has 6 heteroatoms. The van der Waals surface area contributed by atoms with Crippen molar-refractivity contribution in [3.63, 3.8) is 0 Å². The van der Waals surface area contributed by atoms with Gasteiger partial charge in [0.15, 0.2) is 0 Å². The molecule has 0 unspecified atom stereocenters. The van der Waals surface area contributed by atoms with Crippen molar-refractivity contribution in [3.05, 3.63) is 29.6 Å². The summed E-state index contributed by atoms with van der Waals surface area (Å²) in [5.74, 6) is -2.19. The monoisotopic (exact) mass is 294 g/mol. The van der Waals surface area contributed by atoms with E-state index in [9.17, 15) is 19.1 Å². The van der Waals surface area contributed by atoms with Crippen LogP contribution in [-0.2, 0) is 9.59 Å². The molecule has 0 atom stereocenters. The molecule has 2 amide bonds. The number of benzene rings is 1. The molecule has 21 heavy (non-hydrogen) atoms. The smallest absolute Gasteiger partial charge is 0.313 e. The molecule has 1 aromatic rings. The van der Waals surface area contributed by atoms with E-state index in [1.54, 1.807) is 13.0 Å². The predicted molar refractivity (Wildman–Crippen MR) is 76.2 cm³/mol. The highest BCUT2D eigenvalue weighted by Gasteiger charge is 2.32. The maximum Gasteiger partial charge on any atom is 0.313 e. The summed E-state index contributed by atoms with van der Waals surface area (Å²) < 4.78 is 13.2. The number of hydrogen-bond acceptors (Lipinski definition) is 3. The molecule has 0 spiro atoms. The Labute approximate surface area is 122 Å². The lowest BCUT2D eigenvalue weighted by Crippen LogP contribution is -2.44. The first-order valence-electron chi connectivity index (χ1n) is 6.97. The first-order valence-corrected chi connectivity index (χ1v) is 6.97. The van der Waals surface area contributed by atoms with E-state index in [1.807, 2.05) is 0 Å². The Morgan fingerprint density at radius 1 is 1.24 bits per heavy atom. The van der Waals surface area contributed by atoms with Crippen molar-refractivity contribution in [1.29, 1.82) is 0 Å². The van der Waals surface area contributed by atoms with Gasteiger partial charge in [0.1, 0.15) is 5.82 Å². The summed E-state index contributed by atoms with van der Waals surface area (Å²) in [6.45, 7) is 1.75. The van der Waals surface area contributed by atoms with Crippen molar-refractivity contribution >= 4 is 17.5 Å². The molecule has 1 aliphatic rings. The summed E-state index contributed by atoms with van der Waals surface area (Å²) in [7, 11) is 0. The third-order valence-electron chi connectivity index (χ3n) is 3.62. The normalized spacial score (nSPS) is 16.5. The van der Waals surface area contributed by atoms with Crippen LogP contribution in [-0.4, -0.2) is 29.1 Å². The molecule has 0 heterocycles. The number of nitrogens with one attached hydrogen (secondary N) is 2. The van der Waals surface area contributed by atoms with E-state index in [0.29, 0.717) is 18.4 Å². The van der Waals surface area contributed by atoms with Crippen molar-refractivity contribution in [2.24, 2.45) is 0 Å². The zero-order valence-corrected chi connectivity index (χ0v) is 11.9. The zero-order valence-electron chi connectivity index (χ0n) is 11.9. The third-order valence-corrected chi connectivity index (χ3v) is 3.62. The number of rotatable bonds is 3. The van der Waals surface area contributed by atoms with Crippen molar-refractivity contribution in [3.8, 4) is 0 Å². The third kappa shape index (κ3) is 4.26. The molecular formula is C15H19FN2O3. The summed E-state index contributed by atoms with van der Waals surface area (Å²) in [5, 5.41) is 14.8. The Hall–Kier alpha value is -1.95. The van der Waals surface area contributed by atoms with Crippen molar-refractivity contribution in [2.45, 2.75) is 38.2 Å². The van der Waals surface area contributed by atoms with E-state index in [1.165, 1.54) is 6.07 Å². The number of aliphatic hydroxyl groups is 1. The maximum atomic E-state index is 13.2. The predicted octanol–water partition coefficient (Wildman–Crippen LogP) is 1.49. The minimum Gasteiger partial charge on any atom is -0.388 e. The van der Waals surface area contributed by atoms with Gasteiger partial charge < -0.3 is 15.7 Å². The lowest BCUT2D eigenvalue weighted by molar-refractivity contribution is -0.136. The standard InChI is InChI=1S/C15H19FN2O3/c1-10-6-11(16)8-12(7-10)18-14(20)13(19)17-9-15(21)4-2-3-5-15/h6-8,21H,2-5,9H2,1H3,(H,17,19)(H,18,20). The van der Waals surface area contributed by atoms with Gasteiger partial charge in [0, 0.05) is 12.2 Å². The van der Waals surface area contributed by atoms with Crippen LogP contribution >= 0.6 is 0 Å². The van der Waals surface area contributed by atoms with E-state index >= 15 is 0 Å². The number of anilines is 1. The van der Waals surface area contributed by atoms with E-state index in [0.717, 1.165) is 18.9 Å². The van der Waals surface area contributed by atoms with Gasteiger partial charge in [0.2, 0.25) is 0 Å². The topological polar surface area (TPSA) is 78.4 Å². The molecule has 2 rings (SSSR count). The van der Waals surface area contributed by atoms with Gasteiger partial charge in [-0.05, 0) is 43.5 Å². The van der Waals surface area contributed by atoms with Crippen LogP contribution < -0.4 is 10.6 Å². The van der Waals surface area contributed by atoms with E-state index < -0.39 is 23.2 Å². The fraction of sp³-hybridized carbons (Fsp3) is 0.467. The van der Waals surface area contributed by atoms with Gasteiger partial charge in [-0.15, -0.1) is 0 Å². The number of amides is 2. The van der Waals surface area contributed by atoms with Crippen LogP contribution in [0, 0.1) is 12.7 Å². The summed E-state index contributed by atoms with van der Waals surface area (Å²) in [4.78, 5) is 23.4. The zero-order chi connectivity index (χ0) is 15.5. The van der Waals surface area contributed by atoms with Crippen LogP contribution in [0.2, 0.25) is 0 Å². The highest BCUT2D eigenvalue weighted by atomic mass is 19.1. The highest BCUT2D eigenvalue weighted by Crippen LogP contribution is 2.28. The summed E-state index contributed by atoms with van der Waals surface area (Å²) >= 11 is 0. The average Bonchev–Trinajstić information content (AvgIpc) is 2.82. The summed E-state index contributed by atoms with van der Waals surface area (Å²) in [5.41, 5.74) is -0.0380. The van der Waals surface area contributed by atoms with Gasteiger partial charge in [0.25, 0.3) is 0 Å². The fourth-order valence-electron chi connectivity index (χ4n) is 2.53. The number of carbonyl (C=O) groups is 2. The maximum absolute atomic E-state index is 13.2. The van der Waals surface area contributed by atoms with Gasteiger partial charge in [0.05, 0.1) is 5.60 Å². The molecule has 1 aromatic carbocycles. The van der Waals surface area contributed by atoms with Gasteiger partial charge >= 0.3 is 11.8 Å². The van der Waals surface area contributed by atoms with Crippen LogP contribution in [0.1, 0.15) is 31.2 Å². The molecule has 0 aromatic heterocycles. The van der Waals surface area contributed by atoms with Gasteiger partial charge in [-0.2, -0.15) is 0 Å². The van der Waals surface area contributed by atoms with Gasteiger partial charge in [-0.3, -0.25) is 9.59 Å². The Balaban J connectivity index is 1.89. The van der Waals surface area contributed by atoms with Crippen LogP contribution in [0.5, 0.6) is 0 Å². The van der Waals surface area contributed by atoms with Crippen molar-refractivity contribution < 1.29 is 19.1 Å². The minimum atomic E-state index is -0.911. The molecule has 0 bridgehead atoms. The molecule has 0 radical (unpaired) electrons. The van der Waals surface area contributed by atoms with E-state index in [4.69, 9.17) is 0 Å². The fourth-order valence-corrected chi connectivity index (χ4v) is 2.53. The molecule has 1 saturated carbocycles. The Kier molecular flexibility index (Phi) is 4.57. The second-order valence-corrected chi connectivity index (χ2v) is 5.59. The molecule has 5 nitrogen and oxygen atoms in total. The second kappa shape index (κ2) is 6.22. The molecule has 1 fully saturated rings. The SMILES string of the molecule is Cc1cc(F)cc(NC(=O)C(=O)NCC2(O)CCCC2)c1. The first-order chi connectivity index (χ1) is 9.88. The lowest BCUT2D eigenvalue weighted by Gasteiger charge is -2.22. The molecule has 0 saturated heterocycles. The Morgan fingerprint density at radius 2 is 1.90 bits per heavy atom. The van der Waals surface area contributed by atoms with Gasteiger partial charge in [-0.25, -0.2) is 4.39 Å². The molecule has 114 valence electrons. The number of aryl methyl sites for hydroxylation is 1. The first kappa shape index (κ1) is 15.4. The van der Waals surface area contributed by atoms with Crippen LogP contribution in [0.4, 0.5) is 10.1 Å². The quantitative estimate of drug-likeness (QED) is 0.739. The van der Waals surface area contributed by atoms with Gasteiger partial charge in [-0.1, -0.05) is 12.8 Å². The molecular weight excluding hydrogens is 275 g/mol. The number of hydrogen-bond donors (Lipinski definition) is 3. The minimum absolute atomic E-state index is 0.0570. The highest BCUT2D eigenvalue weighted by molar-refractivity contribution is 6.39. The van der Waals surface area contributed by atoms with Crippen LogP contribution in [0.25, 0.3) is 0 Å². The lowest BCUT2D eigenvalue weighted by atomic mass is 10.0. The average molecular weight is 294 g/mol.